The van der Waals surface area contributed by atoms with Crippen molar-refractivity contribution in [3.8, 4) is 0 Å². The Morgan fingerprint density at radius 1 is 1.00 bits per heavy atom. The highest BCUT2D eigenvalue weighted by Gasteiger charge is 2.24. The van der Waals surface area contributed by atoms with Gasteiger partial charge < -0.3 is 4.57 Å². The van der Waals surface area contributed by atoms with Gasteiger partial charge in [-0.1, -0.05) is 44.2 Å². The van der Waals surface area contributed by atoms with E-state index < -0.39 is 0 Å². The molecule has 1 heterocycles. The zero-order valence-electron chi connectivity index (χ0n) is 12.7. The first-order valence-electron chi connectivity index (χ1n) is 7.96. The monoisotopic (exact) mass is 267 g/mol. The van der Waals surface area contributed by atoms with Crippen molar-refractivity contribution >= 4 is 0 Å². The van der Waals surface area contributed by atoms with E-state index in [0.29, 0.717) is 5.92 Å². The molecule has 1 aromatic heterocycles. The van der Waals surface area contributed by atoms with Gasteiger partial charge in [0.1, 0.15) is 0 Å². The van der Waals surface area contributed by atoms with Crippen molar-refractivity contribution < 1.29 is 0 Å². The maximum atomic E-state index is 2.60. The third-order valence-corrected chi connectivity index (χ3v) is 4.35. The van der Waals surface area contributed by atoms with Gasteiger partial charge in [-0.2, -0.15) is 0 Å². The third kappa shape index (κ3) is 3.15. The maximum absolute atomic E-state index is 2.60. The Hall–Kier alpha value is -1.50. The Morgan fingerprint density at radius 2 is 1.75 bits per heavy atom. The van der Waals surface area contributed by atoms with E-state index in [-0.39, 0.29) is 0 Å². The van der Waals surface area contributed by atoms with Gasteiger partial charge in [0.15, 0.2) is 0 Å². The second-order valence-corrected chi connectivity index (χ2v) is 6.44. The molecule has 1 aromatic carbocycles. The normalized spacial score (nSPS) is 14.9. The van der Waals surface area contributed by atoms with Crippen LogP contribution >= 0.6 is 0 Å². The molecule has 0 atom stereocenters. The fourth-order valence-electron chi connectivity index (χ4n) is 2.95. The number of aryl methyl sites for hydroxylation is 2. The lowest BCUT2D eigenvalue weighted by molar-refractivity contribution is 0.563. The molecule has 0 unspecified atom stereocenters. The maximum Gasteiger partial charge on any atom is 0.0253 e. The van der Waals surface area contributed by atoms with Crippen molar-refractivity contribution in [2.45, 2.75) is 52.0 Å². The second-order valence-electron chi connectivity index (χ2n) is 6.44. The number of benzene rings is 1. The molecule has 0 radical (unpaired) electrons. The summed E-state index contributed by atoms with van der Waals surface area (Å²) in [5.74, 6) is 1.56. The molecule has 1 aliphatic carbocycles. The number of hydrogen-bond donors (Lipinski definition) is 0. The minimum absolute atomic E-state index is 0.624. The zero-order valence-corrected chi connectivity index (χ0v) is 12.7. The molecule has 20 heavy (non-hydrogen) atoms. The minimum atomic E-state index is 0.624. The molecule has 3 rings (SSSR count). The Morgan fingerprint density at radius 3 is 2.40 bits per heavy atom. The molecule has 1 heteroatoms. The smallest absolute Gasteiger partial charge is 0.0253 e. The molecule has 0 bridgehead atoms. The second kappa shape index (κ2) is 5.87. The molecular formula is C19H25N. The molecule has 106 valence electrons. The molecule has 1 fully saturated rings. The lowest BCUT2D eigenvalue weighted by atomic mass is 10.1. The first-order chi connectivity index (χ1) is 9.74. The van der Waals surface area contributed by atoms with Gasteiger partial charge in [-0.25, -0.2) is 0 Å². The van der Waals surface area contributed by atoms with Crippen LogP contribution in [0, 0.1) is 5.92 Å². The molecule has 1 saturated carbocycles. The predicted octanol–water partition coefficient (Wildman–Crippen LogP) is 4.81. The lowest BCUT2D eigenvalue weighted by Crippen LogP contribution is -2.10. The topological polar surface area (TPSA) is 4.93 Å². The minimum Gasteiger partial charge on any atom is -0.348 e. The fraction of sp³-hybridized carbons (Fsp3) is 0.474. The summed E-state index contributed by atoms with van der Waals surface area (Å²) in [7, 11) is 0. The number of aromatic nitrogens is 1. The lowest BCUT2D eigenvalue weighted by Gasteiger charge is -2.15. The van der Waals surface area contributed by atoms with Crippen LogP contribution in [-0.4, -0.2) is 4.57 Å². The average Bonchev–Trinajstić information content (AvgIpc) is 3.17. The summed E-state index contributed by atoms with van der Waals surface area (Å²) in [6.45, 7) is 5.85. The summed E-state index contributed by atoms with van der Waals surface area (Å²) in [6, 6.07) is 15.5. The van der Waals surface area contributed by atoms with Crippen molar-refractivity contribution in [1.29, 1.82) is 0 Å². The average molecular weight is 267 g/mol. The van der Waals surface area contributed by atoms with Crippen LogP contribution in [0.1, 0.15) is 49.6 Å². The van der Waals surface area contributed by atoms with Gasteiger partial charge in [-0.05, 0) is 55.2 Å². The summed E-state index contributed by atoms with van der Waals surface area (Å²) in [4.78, 5) is 0. The van der Waals surface area contributed by atoms with E-state index in [1.807, 2.05) is 0 Å². The molecule has 0 spiro atoms. The number of rotatable bonds is 6. The highest BCUT2D eigenvalue weighted by Crippen LogP contribution is 2.33. The highest BCUT2D eigenvalue weighted by molar-refractivity contribution is 5.22. The number of hydrogen-bond acceptors (Lipinski definition) is 0. The van der Waals surface area contributed by atoms with Gasteiger partial charge in [0.2, 0.25) is 0 Å². The summed E-state index contributed by atoms with van der Waals surface area (Å²) >= 11 is 0. The summed E-state index contributed by atoms with van der Waals surface area (Å²) in [5.41, 5.74) is 4.47. The standard InChI is InChI=1S/C19H25N/c1-15(2)19-13-12-18(20(19)14-17-8-9-17)11-10-16-6-4-3-5-7-16/h3-7,12-13,15,17H,8-11,14H2,1-2H3. The Bertz CT molecular complexity index is 546. The summed E-state index contributed by atoms with van der Waals surface area (Å²) in [6.07, 6.45) is 5.15. The Kier molecular flexibility index (Phi) is 3.95. The van der Waals surface area contributed by atoms with Gasteiger partial charge in [-0.15, -0.1) is 0 Å². The first kappa shape index (κ1) is 13.5. The quantitative estimate of drug-likeness (QED) is 0.708. The van der Waals surface area contributed by atoms with Crippen molar-refractivity contribution in [3.63, 3.8) is 0 Å². The van der Waals surface area contributed by atoms with Gasteiger partial charge in [-0.3, -0.25) is 0 Å². The molecule has 2 aromatic rings. The van der Waals surface area contributed by atoms with E-state index in [1.165, 1.54) is 36.3 Å². The van der Waals surface area contributed by atoms with Gasteiger partial charge in [0, 0.05) is 17.9 Å². The molecular weight excluding hydrogens is 242 g/mol. The zero-order chi connectivity index (χ0) is 13.9. The molecule has 0 saturated heterocycles. The SMILES string of the molecule is CC(C)c1ccc(CCc2ccccc2)n1CC1CC1. The van der Waals surface area contributed by atoms with Crippen molar-refractivity contribution in [3.05, 3.63) is 59.4 Å². The molecule has 1 aliphatic rings. The first-order valence-corrected chi connectivity index (χ1v) is 7.96. The van der Waals surface area contributed by atoms with E-state index >= 15 is 0 Å². The number of nitrogens with zero attached hydrogens (tertiary/aromatic N) is 1. The van der Waals surface area contributed by atoms with Gasteiger partial charge in [0.05, 0.1) is 0 Å². The molecule has 0 N–H and O–H groups in total. The summed E-state index contributed by atoms with van der Waals surface area (Å²) < 4.78 is 2.60. The predicted molar refractivity (Wildman–Crippen MR) is 85.1 cm³/mol. The van der Waals surface area contributed by atoms with Crippen LogP contribution in [0.25, 0.3) is 0 Å². The van der Waals surface area contributed by atoms with Gasteiger partial charge >= 0.3 is 0 Å². The van der Waals surface area contributed by atoms with Crippen LogP contribution in [0.3, 0.4) is 0 Å². The molecule has 0 aliphatic heterocycles. The van der Waals surface area contributed by atoms with Gasteiger partial charge in [0.25, 0.3) is 0 Å². The molecule has 1 nitrogen and oxygen atoms in total. The van der Waals surface area contributed by atoms with Crippen LogP contribution in [0.4, 0.5) is 0 Å². The van der Waals surface area contributed by atoms with Crippen LogP contribution in [0.5, 0.6) is 0 Å². The van der Waals surface area contributed by atoms with E-state index in [0.717, 1.165) is 18.8 Å². The largest absolute Gasteiger partial charge is 0.348 e. The van der Waals surface area contributed by atoms with E-state index in [1.54, 1.807) is 0 Å². The van der Waals surface area contributed by atoms with Crippen LogP contribution in [0.15, 0.2) is 42.5 Å². The van der Waals surface area contributed by atoms with Crippen LogP contribution < -0.4 is 0 Å². The Labute approximate surface area is 122 Å². The van der Waals surface area contributed by atoms with Crippen molar-refractivity contribution in [2.24, 2.45) is 5.92 Å². The van der Waals surface area contributed by atoms with E-state index in [4.69, 9.17) is 0 Å². The van der Waals surface area contributed by atoms with Crippen LogP contribution in [-0.2, 0) is 19.4 Å². The molecule has 0 amide bonds. The Balaban J connectivity index is 1.74. The summed E-state index contributed by atoms with van der Waals surface area (Å²) in [5, 5.41) is 0. The third-order valence-electron chi connectivity index (χ3n) is 4.35. The van der Waals surface area contributed by atoms with Crippen molar-refractivity contribution in [2.75, 3.05) is 0 Å². The van der Waals surface area contributed by atoms with Crippen LogP contribution in [0.2, 0.25) is 0 Å². The fourth-order valence-corrected chi connectivity index (χ4v) is 2.95. The van der Waals surface area contributed by atoms with Crippen molar-refractivity contribution in [1.82, 2.24) is 4.57 Å². The highest BCUT2D eigenvalue weighted by atomic mass is 15.0. The van der Waals surface area contributed by atoms with E-state index in [2.05, 4.69) is 60.9 Å². The van der Waals surface area contributed by atoms with E-state index in [9.17, 15) is 0 Å².